The summed E-state index contributed by atoms with van der Waals surface area (Å²) in [5.74, 6) is 0.261. The van der Waals surface area contributed by atoms with E-state index < -0.39 is 0 Å². The third-order valence-corrected chi connectivity index (χ3v) is 3.64. The summed E-state index contributed by atoms with van der Waals surface area (Å²) in [6, 6.07) is 9.62. The zero-order valence-corrected chi connectivity index (χ0v) is 11.8. The predicted molar refractivity (Wildman–Crippen MR) is 77.9 cm³/mol. The minimum Gasteiger partial charge on any atom is -0.343 e. The fourth-order valence-electron chi connectivity index (χ4n) is 2.43. The summed E-state index contributed by atoms with van der Waals surface area (Å²) in [4.78, 5) is 13.9. The Hall–Kier alpha value is -1.86. The number of amides is 1. The van der Waals surface area contributed by atoms with E-state index in [1.54, 1.807) is 0 Å². The van der Waals surface area contributed by atoms with Crippen LogP contribution < -0.4 is 5.32 Å². The Morgan fingerprint density at radius 2 is 1.90 bits per heavy atom. The van der Waals surface area contributed by atoms with Gasteiger partial charge in [-0.2, -0.15) is 5.26 Å². The van der Waals surface area contributed by atoms with E-state index in [9.17, 15) is 4.79 Å². The summed E-state index contributed by atoms with van der Waals surface area (Å²) in [5.41, 5.74) is 1.81. The molecule has 106 valence electrons. The van der Waals surface area contributed by atoms with Gasteiger partial charge >= 0.3 is 0 Å². The molecule has 0 spiro atoms. The Bertz CT molecular complexity index is 469. The average molecular weight is 271 g/mol. The molecule has 4 nitrogen and oxygen atoms in total. The topological polar surface area (TPSA) is 56.1 Å². The van der Waals surface area contributed by atoms with Gasteiger partial charge in [-0.25, -0.2) is 0 Å². The minimum absolute atomic E-state index is 0.261. The first-order valence-electron chi connectivity index (χ1n) is 7.27. The normalized spacial score (nSPS) is 14.8. The highest BCUT2D eigenvalue weighted by atomic mass is 16.2. The number of piperidine rings is 1. The van der Waals surface area contributed by atoms with Crippen molar-refractivity contribution in [3.8, 4) is 6.07 Å². The number of nitriles is 1. The van der Waals surface area contributed by atoms with E-state index in [0.29, 0.717) is 18.5 Å². The number of hydrogen-bond acceptors (Lipinski definition) is 3. The van der Waals surface area contributed by atoms with Gasteiger partial charge in [0.25, 0.3) is 0 Å². The van der Waals surface area contributed by atoms with Crippen molar-refractivity contribution < 1.29 is 4.79 Å². The van der Waals surface area contributed by atoms with Gasteiger partial charge in [0.15, 0.2) is 0 Å². The molecule has 2 rings (SSSR count). The van der Waals surface area contributed by atoms with E-state index in [1.807, 2.05) is 29.2 Å². The van der Waals surface area contributed by atoms with Gasteiger partial charge in [-0.15, -0.1) is 0 Å². The fourth-order valence-corrected chi connectivity index (χ4v) is 2.43. The molecular weight excluding hydrogens is 250 g/mol. The molecule has 1 aliphatic heterocycles. The highest BCUT2D eigenvalue weighted by Crippen LogP contribution is 2.09. The molecule has 1 fully saturated rings. The second kappa shape index (κ2) is 7.66. The predicted octanol–water partition coefficient (Wildman–Crippen LogP) is 2.05. The third kappa shape index (κ3) is 4.36. The zero-order valence-electron chi connectivity index (χ0n) is 11.8. The molecule has 1 aromatic rings. The maximum absolute atomic E-state index is 11.9. The molecule has 0 bridgehead atoms. The van der Waals surface area contributed by atoms with E-state index in [1.165, 1.54) is 6.42 Å². The van der Waals surface area contributed by atoms with Crippen LogP contribution in [0.3, 0.4) is 0 Å². The smallest absolute Gasteiger partial charge is 0.223 e. The van der Waals surface area contributed by atoms with E-state index in [2.05, 4.69) is 11.4 Å². The van der Waals surface area contributed by atoms with Gasteiger partial charge in [-0.1, -0.05) is 12.1 Å². The number of rotatable bonds is 5. The van der Waals surface area contributed by atoms with Crippen molar-refractivity contribution in [2.75, 3.05) is 19.6 Å². The van der Waals surface area contributed by atoms with E-state index in [4.69, 9.17) is 5.26 Å². The molecule has 0 atom stereocenters. The molecule has 0 aromatic heterocycles. The zero-order chi connectivity index (χ0) is 14.2. The van der Waals surface area contributed by atoms with E-state index in [-0.39, 0.29) is 5.91 Å². The van der Waals surface area contributed by atoms with Gasteiger partial charge in [0.1, 0.15) is 0 Å². The molecular formula is C16H21N3O. The molecule has 0 unspecified atom stereocenters. The molecule has 4 heteroatoms. The fraction of sp³-hybridized carbons (Fsp3) is 0.500. The van der Waals surface area contributed by atoms with Crippen molar-refractivity contribution in [2.24, 2.45) is 0 Å². The molecule has 1 aliphatic rings. The van der Waals surface area contributed by atoms with E-state index >= 15 is 0 Å². The van der Waals surface area contributed by atoms with Gasteiger partial charge in [0.2, 0.25) is 5.91 Å². The standard InChI is InChI=1S/C16H21N3O/c17-12-14-4-6-15(7-5-14)13-18-9-8-16(20)19-10-2-1-3-11-19/h4-7,18H,1-3,8-11,13H2. The van der Waals surface area contributed by atoms with Gasteiger partial charge in [-0.05, 0) is 37.0 Å². The summed E-state index contributed by atoms with van der Waals surface area (Å²) >= 11 is 0. The lowest BCUT2D eigenvalue weighted by Crippen LogP contribution is -2.37. The van der Waals surface area contributed by atoms with Crippen LogP contribution in [0.5, 0.6) is 0 Å². The summed E-state index contributed by atoms with van der Waals surface area (Å²) < 4.78 is 0. The summed E-state index contributed by atoms with van der Waals surface area (Å²) in [6.07, 6.45) is 4.10. The van der Waals surface area contributed by atoms with Crippen molar-refractivity contribution in [3.63, 3.8) is 0 Å². The first-order chi connectivity index (χ1) is 9.79. The van der Waals surface area contributed by atoms with Crippen molar-refractivity contribution in [2.45, 2.75) is 32.2 Å². The summed E-state index contributed by atoms with van der Waals surface area (Å²) in [7, 11) is 0. The number of likely N-dealkylation sites (tertiary alicyclic amines) is 1. The van der Waals surface area contributed by atoms with Crippen LogP contribution in [0.1, 0.15) is 36.8 Å². The molecule has 1 saturated heterocycles. The monoisotopic (exact) mass is 271 g/mol. The Morgan fingerprint density at radius 1 is 1.20 bits per heavy atom. The lowest BCUT2D eigenvalue weighted by atomic mass is 10.1. The van der Waals surface area contributed by atoms with Gasteiger partial charge < -0.3 is 10.2 Å². The average Bonchev–Trinajstić information content (AvgIpc) is 2.53. The second-order valence-corrected chi connectivity index (χ2v) is 5.18. The lowest BCUT2D eigenvalue weighted by Gasteiger charge is -2.26. The van der Waals surface area contributed by atoms with Crippen LogP contribution in [-0.2, 0) is 11.3 Å². The van der Waals surface area contributed by atoms with E-state index in [0.717, 1.165) is 38.0 Å². The van der Waals surface area contributed by atoms with Crippen LogP contribution in [0.25, 0.3) is 0 Å². The number of carbonyl (C=O) groups excluding carboxylic acids is 1. The first kappa shape index (κ1) is 14.5. The van der Waals surface area contributed by atoms with Crippen LogP contribution in [-0.4, -0.2) is 30.4 Å². The van der Waals surface area contributed by atoms with Crippen molar-refractivity contribution in [3.05, 3.63) is 35.4 Å². The Morgan fingerprint density at radius 3 is 2.55 bits per heavy atom. The summed E-state index contributed by atoms with van der Waals surface area (Å²) in [6.45, 7) is 3.29. The minimum atomic E-state index is 0.261. The summed E-state index contributed by atoms with van der Waals surface area (Å²) in [5, 5.41) is 12.0. The third-order valence-electron chi connectivity index (χ3n) is 3.64. The maximum atomic E-state index is 11.9. The van der Waals surface area contributed by atoms with Crippen LogP contribution >= 0.6 is 0 Å². The Labute approximate surface area is 120 Å². The highest BCUT2D eigenvalue weighted by Gasteiger charge is 2.15. The largest absolute Gasteiger partial charge is 0.343 e. The van der Waals surface area contributed by atoms with Crippen LogP contribution in [0.4, 0.5) is 0 Å². The quantitative estimate of drug-likeness (QED) is 0.834. The number of nitrogens with zero attached hydrogens (tertiary/aromatic N) is 2. The number of carbonyl (C=O) groups is 1. The molecule has 20 heavy (non-hydrogen) atoms. The van der Waals surface area contributed by atoms with Crippen LogP contribution in [0, 0.1) is 11.3 Å². The number of benzene rings is 1. The number of nitrogens with one attached hydrogen (secondary N) is 1. The molecule has 1 amide bonds. The van der Waals surface area contributed by atoms with Gasteiger partial charge in [0.05, 0.1) is 11.6 Å². The lowest BCUT2D eigenvalue weighted by molar-refractivity contribution is -0.131. The van der Waals surface area contributed by atoms with Crippen molar-refractivity contribution >= 4 is 5.91 Å². The molecule has 0 saturated carbocycles. The van der Waals surface area contributed by atoms with Crippen molar-refractivity contribution in [1.29, 1.82) is 5.26 Å². The molecule has 1 aromatic carbocycles. The molecule has 0 aliphatic carbocycles. The highest BCUT2D eigenvalue weighted by molar-refractivity contribution is 5.76. The maximum Gasteiger partial charge on any atom is 0.223 e. The number of hydrogen-bond donors (Lipinski definition) is 1. The Kier molecular flexibility index (Phi) is 5.57. The van der Waals surface area contributed by atoms with Crippen LogP contribution in [0.15, 0.2) is 24.3 Å². The van der Waals surface area contributed by atoms with Crippen molar-refractivity contribution in [1.82, 2.24) is 10.2 Å². The molecule has 1 heterocycles. The first-order valence-corrected chi connectivity index (χ1v) is 7.27. The SMILES string of the molecule is N#Cc1ccc(CNCCC(=O)N2CCCCC2)cc1. The Balaban J connectivity index is 1.65. The van der Waals surface area contributed by atoms with Gasteiger partial charge in [0, 0.05) is 32.6 Å². The second-order valence-electron chi connectivity index (χ2n) is 5.18. The molecule has 0 radical (unpaired) electrons. The van der Waals surface area contributed by atoms with Crippen LogP contribution in [0.2, 0.25) is 0 Å². The van der Waals surface area contributed by atoms with Gasteiger partial charge in [-0.3, -0.25) is 4.79 Å². The molecule has 1 N–H and O–H groups in total.